The van der Waals surface area contributed by atoms with E-state index in [1.807, 2.05) is 30.5 Å². The van der Waals surface area contributed by atoms with Crippen LogP contribution in [0.25, 0.3) is 0 Å². The highest BCUT2D eigenvalue weighted by molar-refractivity contribution is 7.11. The van der Waals surface area contributed by atoms with Gasteiger partial charge >= 0.3 is 0 Å². The topological polar surface area (TPSA) is 24.9 Å². The van der Waals surface area contributed by atoms with Crippen LogP contribution in [-0.4, -0.2) is 12.0 Å². The predicted octanol–water partition coefficient (Wildman–Crippen LogP) is 4.31. The number of aromatic nitrogens is 1. The van der Waals surface area contributed by atoms with Crippen molar-refractivity contribution in [3.05, 3.63) is 50.4 Å². The van der Waals surface area contributed by atoms with Crippen molar-refractivity contribution in [2.24, 2.45) is 5.92 Å². The van der Waals surface area contributed by atoms with Crippen LogP contribution in [0.15, 0.2) is 24.3 Å². The standard InChI is InChI=1S/C16H21ClN2S/c1-11(2)8-14-15(10-18-3)20-16(19-14)9-12-4-6-13(17)7-5-12/h4-7,11,18H,8-10H2,1-3H3. The molecule has 0 fully saturated rings. The molecule has 0 saturated carbocycles. The molecule has 4 heteroatoms. The maximum Gasteiger partial charge on any atom is 0.0975 e. The fraction of sp³-hybridized carbons (Fsp3) is 0.438. The first-order valence-electron chi connectivity index (χ1n) is 6.95. The quantitative estimate of drug-likeness (QED) is 0.860. The lowest BCUT2D eigenvalue weighted by molar-refractivity contribution is 0.629. The lowest BCUT2D eigenvalue weighted by atomic mass is 10.1. The molecule has 20 heavy (non-hydrogen) atoms. The van der Waals surface area contributed by atoms with Crippen LogP contribution in [-0.2, 0) is 19.4 Å². The number of hydrogen-bond donors (Lipinski definition) is 1. The molecule has 0 bridgehead atoms. The molecule has 2 aromatic rings. The molecule has 0 aliphatic carbocycles. The van der Waals surface area contributed by atoms with Gasteiger partial charge < -0.3 is 5.32 Å². The van der Waals surface area contributed by atoms with Gasteiger partial charge in [-0.2, -0.15) is 0 Å². The molecule has 0 saturated heterocycles. The van der Waals surface area contributed by atoms with Gasteiger partial charge in [0.1, 0.15) is 0 Å². The van der Waals surface area contributed by atoms with Gasteiger partial charge in [0.05, 0.1) is 10.7 Å². The number of thiazole rings is 1. The molecule has 0 unspecified atom stereocenters. The molecule has 1 N–H and O–H groups in total. The van der Waals surface area contributed by atoms with Crippen LogP contribution in [0.3, 0.4) is 0 Å². The van der Waals surface area contributed by atoms with Gasteiger partial charge in [-0.3, -0.25) is 0 Å². The van der Waals surface area contributed by atoms with Crippen LogP contribution in [0.4, 0.5) is 0 Å². The minimum absolute atomic E-state index is 0.635. The number of halogens is 1. The van der Waals surface area contributed by atoms with Crippen LogP contribution < -0.4 is 5.32 Å². The second-order valence-corrected chi connectivity index (χ2v) is 7.01. The molecule has 0 radical (unpaired) electrons. The van der Waals surface area contributed by atoms with Crippen LogP contribution in [0, 0.1) is 5.92 Å². The maximum atomic E-state index is 5.92. The van der Waals surface area contributed by atoms with Crippen molar-refractivity contribution < 1.29 is 0 Å². The highest BCUT2D eigenvalue weighted by Gasteiger charge is 2.12. The molecule has 2 nitrogen and oxygen atoms in total. The molecule has 0 aliphatic rings. The van der Waals surface area contributed by atoms with Gasteiger partial charge in [-0.25, -0.2) is 4.98 Å². The molecular formula is C16H21ClN2S. The van der Waals surface area contributed by atoms with Crippen molar-refractivity contribution >= 4 is 22.9 Å². The Hall–Kier alpha value is -0.900. The van der Waals surface area contributed by atoms with Crippen molar-refractivity contribution in [1.29, 1.82) is 0 Å². The van der Waals surface area contributed by atoms with Crippen molar-refractivity contribution in [3.63, 3.8) is 0 Å². The van der Waals surface area contributed by atoms with Gasteiger partial charge in [0.15, 0.2) is 0 Å². The summed E-state index contributed by atoms with van der Waals surface area (Å²) < 4.78 is 0. The molecule has 0 atom stereocenters. The molecule has 1 aromatic heterocycles. The van der Waals surface area contributed by atoms with E-state index in [9.17, 15) is 0 Å². The summed E-state index contributed by atoms with van der Waals surface area (Å²) in [5.74, 6) is 0.635. The molecule has 1 heterocycles. The van der Waals surface area contributed by atoms with E-state index in [0.29, 0.717) is 5.92 Å². The average Bonchev–Trinajstić information content (AvgIpc) is 2.74. The van der Waals surface area contributed by atoms with Gasteiger partial charge in [-0.15, -0.1) is 11.3 Å². The lowest BCUT2D eigenvalue weighted by Crippen LogP contribution is -2.07. The van der Waals surface area contributed by atoms with E-state index in [2.05, 4.69) is 31.3 Å². The average molecular weight is 309 g/mol. The van der Waals surface area contributed by atoms with Crippen LogP contribution in [0.5, 0.6) is 0 Å². The number of hydrogen-bond acceptors (Lipinski definition) is 3. The third-order valence-corrected chi connectivity index (χ3v) is 4.38. The molecule has 0 aliphatic heterocycles. The normalized spacial score (nSPS) is 11.2. The summed E-state index contributed by atoms with van der Waals surface area (Å²) in [6.07, 6.45) is 1.94. The first-order valence-corrected chi connectivity index (χ1v) is 8.14. The van der Waals surface area contributed by atoms with Gasteiger partial charge in [-0.05, 0) is 37.1 Å². The summed E-state index contributed by atoms with van der Waals surface area (Å²) in [5, 5.41) is 5.21. The fourth-order valence-corrected chi connectivity index (χ4v) is 3.40. The molecule has 1 aromatic carbocycles. The summed E-state index contributed by atoms with van der Waals surface area (Å²) in [5.41, 5.74) is 2.51. The Morgan fingerprint density at radius 1 is 1.25 bits per heavy atom. The molecule has 2 rings (SSSR count). The van der Waals surface area contributed by atoms with E-state index < -0.39 is 0 Å². The first kappa shape index (κ1) is 15.5. The number of nitrogens with one attached hydrogen (secondary N) is 1. The fourth-order valence-electron chi connectivity index (χ4n) is 2.13. The third kappa shape index (κ3) is 4.30. The first-order chi connectivity index (χ1) is 9.58. The van der Waals surface area contributed by atoms with Crippen molar-refractivity contribution in [2.45, 2.75) is 33.2 Å². The van der Waals surface area contributed by atoms with E-state index in [1.54, 1.807) is 0 Å². The van der Waals surface area contributed by atoms with Gasteiger partial charge in [0.2, 0.25) is 0 Å². The van der Waals surface area contributed by atoms with E-state index >= 15 is 0 Å². The predicted molar refractivity (Wildman–Crippen MR) is 87.7 cm³/mol. The van der Waals surface area contributed by atoms with Gasteiger partial charge in [-0.1, -0.05) is 37.6 Å². The smallest absolute Gasteiger partial charge is 0.0975 e. The molecular weight excluding hydrogens is 288 g/mol. The Balaban J connectivity index is 2.17. The maximum absolute atomic E-state index is 5.92. The molecule has 108 valence electrons. The Labute approximate surface area is 130 Å². The summed E-state index contributed by atoms with van der Waals surface area (Å²) >= 11 is 7.74. The Morgan fingerprint density at radius 3 is 2.55 bits per heavy atom. The van der Waals surface area contributed by atoms with Crippen molar-refractivity contribution in [2.75, 3.05) is 7.05 Å². The summed E-state index contributed by atoms with van der Waals surface area (Å²) in [7, 11) is 1.98. The minimum atomic E-state index is 0.635. The second-order valence-electron chi connectivity index (χ2n) is 5.41. The zero-order valence-corrected chi connectivity index (χ0v) is 13.8. The monoisotopic (exact) mass is 308 g/mol. The SMILES string of the molecule is CNCc1sc(Cc2ccc(Cl)cc2)nc1CC(C)C. The van der Waals surface area contributed by atoms with Crippen molar-refractivity contribution in [3.8, 4) is 0 Å². The van der Waals surface area contributed by atoms with Crippen LogP contribution >= 0.6 is 22.9 Å². The second kappa shape index (κ2) is 7.21. The van der Waals surface area contributed by atoms with E-state index in [1.165, 1.54) is 21.1 Å². The Kier molecular flexibility index (Phi) is 5.58. The molecule has 0 amide bonds. The van der Waals surface area contributed by atoms with E-state index in [-0.39, 0.29) is 0 Å². The lowest BCUT2D eigenvalue weighted by Gasteiger charge is -2.03. The Morgan fingerprint density at radius 2 is 1.95 bits per heavy atom. The van der Waals surface area contributed by atoms with Gasteiger partial charge in [0.25, 0.3) is 0 Å². The number of nitrogens with zero attached hydrogens (tertiary/aromatic N) is 1. The van der Waals surface area contributed by atoms with E-state index in [4.69, 9.17) is 16.6 Å². The molecule has 0 spiro atoms. The van der Waals surface area contributed by atoms with Gasteiger partial charge in [0, 0.05) is 22.9 Å². The number of rotatable bonds is 6. The van der Waals surface area contributed by atoms with Crippen LogP contribution in [0.2, 0.25) is 5.02 Å². The summed E-state index contributed by atoms with van der Waals surface area (Å²) in [6.45, 7) is 5.38. The minimum Gasteiger partial charge on any atom is -0.315 e. The number of benzene rings is 1. The largest absolute Gasteiger partial charge is 0.315 e. The zero-order valence-electron chi connectivity index (χ0n) is 12.2. The highest BCUT2D eigenvalue weighted by Crippen LogP contribution is 2.24. The Bertz CT molecular complexity index is 546. The highest BCUT2D eigenvalue weighted by atomic mass is 35.5. The third-order valence-electron chi connectivity index (χ3n) is 3.03. The van der Waals surface area contributed by atoms with Crippen LogP contribution in [0.1, 0.15) is 35.0 Å². The van der Waals surface area contributed by atoms with E-state index in [0.717, 1.165) is 24.4 Å². The van der Waals surface area contributed by atoms with Crippen molar-refractivity contribution in [1.82, 2.24) is 10.3 Å². The summed E-state index contributed by atoms with van der Waals surface area (Å²) in [6, 6.07) is 8.02. The zero-order chi connectivity index (χ0) is 14.5. The summed E-state index contributed by atoms with van der Waals surface area (Å²) in [4.78, 5) is 6.20.